The number of ether oxygens (including phenoxy) is 1. The largest absolute Gasteiger partial charge is 0.434 e. The molecule has 0 aliphatic carbocycles. The molecular weight excluding hydrogens is 430 g/mol. The van der Waals surface area contributed by atoms with Gasteiger partial charge in [-0.05, 0) is 41.6 Å². The van der Waals surface area contributed by atoms with Gasteiger partial charge in [0.15, 0.2) is 11.5 Å². The third-order valence-corrected chi connectivity index (χ3v) is 3.77. The number of halogens is 3. The van der Waals surface area contributed by atoms with Crippen LogP contribution in [0.2, 0.25) is 10.0 Å². The first-order valence-corrected chi connectivity index (χ1v) is 7.54. The normalized spacial score (nSPS) is 10.5. The van der Waals surface area contributed by atoms with Crippen molar-refractivity contribution in [2.75, 3.05) is 0 Å². The van der Waals surface area contributed by atoms with E-state index < -0.39 is 5.56 Å². The number of Topliss-reactive ketones (excluding diaryl/α,β-unsaturated/α-hetero) is 1. The van der Waals surface area contributed by atoms with E-state index in [0.29, 0.717) is 10.0 Å². The van der Waals surface area contributed by atoms with Crippen LogP contribution in [0.15, 0.2) is 23.0 Å². The van der Waals surface area contributed by atoms with Crippen LogP contribution in [0.5, 0.6) is 11.6 Å². The minimum Gasteiger partial charge on any atom is -0.434 e. The van der Waals surface area contributed by atoms with E-state index in [1.54, 1.807) is 12.1 Å². The lowest BCUT2D eigenvalue weighted by atomic mass is 10.2. The third kappa shape index (κ3) is 3.56. The van der Waals surface area contributed by atoms with Crippen LogP contribution in [0, 0.1) is 3.57 Å². The van der Waals surface area contributed by atoms with Crippen molar-refractivity contribution in [1.82, 2.24) is 9.78 Å². The van der Waals surface area contributed by atoms with Crippen LogP contribution in [0.3, 0.4) is 0 Å². The van der Waals surface area contributed by atoms with E-state index >= 15 is 0 Å². The summed E-state index contributed by atoms with van der Waals surface area (Å²) in [5.41, 5.74) is -0.505. The van der Waals surface area contributed by atoms with Gasteiger partial charge in [-0.2, -0.15) is 0 Å². The second-order valence-corrected chi connectivity index (χ2v) is 6.24. The van der Waals surface area contributed by atoms with Crippen LogP contribution in [0.1, 0.15) is 17.3 Å². The van der Waals surface area contributed by atoms with Gasteiger partial charge < -0.3 is 4.74 Å². The van der Waals surface area contributed by atoms with Gasteiger partial charge in [0, 0.05) is 16.7 Å². The lowest BCUT2D eigenvalue weighted by Crippen LogP contribution is -2.25. The summed E-state index contributed by atoms with van der Waals surface area (Å²) in [6, 6.07) is 4.63. The lowest BCUT2D eigenvalue weighted by molar-refractivity contribution is 0.101. The number of nitrogens with zero attached hydrogens (tertiary/aromatic N) is 2. The molecule has 2 rings (SSSR count). The Balaban J connectivity index is 2.50. The van der Waals surface area contributed by atoms with Crippen LogP contribution in [0.25, 0.3) is 0 Å². The molecule has 0 saturated carbocycles. The van der Waals surface area contributed by atoms with Crippen molar-refractivity contribution in [1.29, 1.82) is 0 Å². The molecule has 0 amide bonds. The first-order chi connectivity index (χ1) is 9.79. The Kier molecular flexibility index (Phi) is 4.90. The first-order valence-electron chi connectivity index (χ1n) is 5.71. The van der Waals surface area contributed by atoms with Crippen LogP contribution in [-0.2, 0) is 7.05 Å². The predicted molar refractivity (Wildman–Crippen MR) is 88.7 cm³/mol. The zero-order chi connectivity index (χ0) is 15.7. The van der Waals surface area contributed by atoms with E-state index in [2.05, 4.69) is 27.7 Å². The number of benzene rings is 1. The lowest BCUT2D eigenvalue weighted by Gasteiger charge is -2.10. The summed E-state index contributed by atoms with van der Waals surface area (Å²) in [7, 11) is 1.43. The molecule has 1 aromatic carbocycles. The van der Waals surface area contributed by atoms with Gasteiger partial charge in [0.05, 0.1) is 15.6 Å². The number of hydrogen-bond acceptors (Lipinski definition) is 4. The molecule has 0 aliphatic rings. The number of carbonyl (C=O) groups is 1. The third-order valence-electron chi connectivity index (χ3n) is 2.59. The maximum absolute atomic E-state index is 11.8. The summed E-state index contributed by atoms with van der Waals surface area (Å²) < 4.78 is 7.41. The highest BCUT2D eigenvalue weighted by molar-refractivity contribution is 14.1. The molecule has 5 nitrogen and oxygen atoms in total. The quantitative estimate of drug-likeness (QED) is 0.541. The Bertz CT molecular complexity index is 766. The van der Waals surface area contributed by atoms with E-state index in [1.807, 2.05) is 0 Å². The fourth-order valence-corrected chi connectivity index (χ4v) is 3.17. The first kappa shape index (κ1) is 16.3. The van der Waals surface area contributed by atoms with Crippen molar-refractivity contribution >= 4 is 51.6 Å². The van der Waals surface area contributed by atoms with E-state index in [1.165, 1.54) is 20.0 Å². The Morgan fingerprint density at radius 1 is 1.29 bits per heavy atom. The highest BCUT2D eigenvalue weighted by Crippen LogP contribution is 2.37. The fraction of sp³-hybridized carbons (Fsp3) is 0.154. The molecule has 0 N–H and O–H groups in total. The van der Waals surface area contributed by atoms with Gasteiger partial charge in [0.2, 0.25) is 5.88 Å². The zero-order valence-electron chi connectivity index (χ0n) is 11.0. The molecule has 0 saturated heterocycles. The molecule has 0 radical (unpaired) electrons. The molecule has 0 atom stereocenters. The Hall–Kier alpha value is -1.12. The Morgan fingerprint density at radius 3 is 2.38 bits per heavy atom. The van der Waals surface area contributed by atoms with Gasteiger partial charge in [0.25, 0.3) is 5.56 Å². The molecule has 2 aromatic rings. The Labute approximate surface area is 144 Å². The number of rotatable bonds is 3. The van der Waals surface area contributed by atoms with Crippen LogP contribution in [0.4, 0.5) is 0 Å². The molecule has 8 heteroatoms. The van der Waals surface area contributed by atoms with Gasteiger partial charge in [-0.15, -0.1) is 5.10 Å². The number of ketones is 1. The average Bonchev–Trinajstić information content (AvgIpc) is 2.37. The minimum atomic E-state index is -0.491. The molecule has 0 bridgehead atoms. The van der Waals surface area contributed by atoms with Crippen molar-refractivity contribution in [2.45, 2.75) is 6.92 Å². The van der Waals surface area contributed by atoms with Crippen molar-refractivity contribution in [2.24, 2.45) is 7.05 Å². The second-order valence-electron chi connectivity index (χ2n) is 4.18. The summed E-state index contributed by atoms with van der Waals surface area (Å²) in [6.45, 7) is 1.30. The Morgan fingerprint density at radius 2 is 1.86 bits per heavy atom. The molecule has 0 unspecified atom stereocenters. The maximum Gasteiger partial charge on any atom is 0.277 e. The van der Waals surface area contributed by atoms with Crippen molar-refractivity contribution < 1.29 is 9.53 Å². The minimum absolute atomic E-state index is 0.0137. The van der Waals surface area contributed by atoms with Crippen molar-refractivity contribution in [3.05, 3.63) is 47.7 Å². The molecule has 0 spiro atoms. The van der Waals surface area contributed by atoms with E-state index in [-0.39, 0.29) is 23.0 Å². The van der Waals surface area contributed by atoms with Crippen molar-refractivity contribution in [3.8, 4) is 11.6 Å². The van der Waals surface area contributed by atoms with E-state index in [4.69, 9.17) is 27.9 Å². The van der Waals surface area contributed by atoms with E-state index in [0.717, 1.165) is 8.25 Å². The summed E-state index contributed by atoms with van der Waals surface area (Å²) in [6.07, 6.45) is 0. The topological polar surface area (TPSA) is 61.2 Å². The average molecular weight is 439 g/mol. The zero-order valence-corrected chi connectivity index (χ0v) is 14.7. The predicted octanol–water partition coefficient (Wildman–Crippen LogP) is 3.69. The monoisotopic (exact) mass is 438 g/mol. The molecule has 1 heterocycles. The van der Waals surface area contributed by atoms with Crippen LogP contribution in [-0.4, -0.2) is 15.6 Å². The van der Waals surface area contributed by atoms with Gasteiger partial charge >= 0.3 is 0 Å². The summed E-state index contributed by atoms with van der Waals surface area (Å²) in [5, 5.41) is 4.55. The van der Waals surface area contributed by atoms with E-state index in [9.17, 15) is 9.59 Å². The van der Waals surface area contributed by atoms with Crippen LogP contribution < -0.4 is 10.3 Å². The van der Waals surface area contributed by atoms with Crippen molar-refractivity contribution in [3.63, 3.8) is 0 Å². The summed E-state index contributed by atoms with van der Waals surface area (Å²) in [5.74, 6) is -0.0886. The van der Waals surface area contributed by atoms with Crippen LogP contribution >= 0.6 is 45.8 Å². The van der Waals surface area contributed by atoms with Gasteiger partial charge in [-0.1, -0.05) is 23.2 Å². The van der Waals surface area contributed by atoms with Gasteiger partial charge in [-0.25, -0.2) is 4.68 Å². The SMILES string of the molecule is CC(=O)c1cc(Oc2c(Cl)cc(I)cc2Cl)nn(C)c1=O. The molecule has 21 heavy (non-hydrogen) atoms. The highest BCUT2D eigenvalue weighted by Gasteiger charge is 2.15. The highest BCUT2D eigenvalue weighted by atomic mass is 127. The number of aryl methyl sites for hydroxylation is 1. The van der Waals surface area contributed by atoms with Gasteiger partial charge in [0.1, 0.15) is 0 Å². The fourth-order valence-electron chi connectivity index (χ4n) is 1.61. The molecule has 0 aliphatic heterocycles. The second kappa shape index (κ2) is 6.33. The molecule has 0 fully saturated rings. The standard InChI is InChI=1S/C13H9Cl2IN2O3/c1-6(19)8-5-11(17-18(2)13(8)20)21-12-9(14)3-7(16)4-10(12)15/h3-5H,1-2H3. The molecular formula is C13H9Cl2IN2O3. The number of carbonyl (C=O) groups excluding carboxylic acids is 1. The maximum atomic E-state index is 11.8. The number of hydrogen-bond donors (Lipinski definition) is 0. The van der Waals surface area contributed by atoms with Gasteiger partial charge in [-0.3, -0.25) is 9.59 Å². The summed E-state index contributed by atoms with van der Waals surface area (Å²) in [4.78, 5) is 23.2. The smallest absolute Gasteiger partial charge is 0.277 e. The summed E-state index contributed by atoms with van der Waals surface area (Å²) >= 11 is 14.2. The number of aromatic nitrogens is 2. The molecule has 1 aromatic heterocycles. The molecule has 110 valence electrons.